The van der Waals surface area contributed by atoms with Crippen molar-refractivity contribution in [2.24, 2.45) is 0 Å². The van der Waals surface area contributed by atoms with Crippen LogP contribution < -0.4 is 10.2 Å². The standard InChI is InChI=1S/C13H20N2/c1-10(2)15-9-11(3)14-8-12-6-4-5-7-13(12)15/h4-7,10-11,14H,8-9H2,1-3H3. The molecular weight excluding hydrogens is 184 g/mol. The summed E-state index contributed by atoms with van der Waals surface area (Å²) in [6, 6.07) is 9.82. The van der Waals surface area contributed by atoms with E-state index < -0.39 is 0 Å². The highest BCUT2D eigenvalue weighted by Crippen LogP contribution is 2.24. The van der Waals surface area contributed by atoms with Crippen LogP contribution in [-0.2, 0) is 6.54 Å². The molecule has 1 aliphatic heterocycles. The summed E-state index contributed by atoms with van der Waals surface area (Å²) in [5, 5.41) is 3.54. The number of anilines is 1. The quantitative estimate of drug-likeness (QED) is 0.755. The average molecular weight is 204 g/mol. The highest BCUT2D eigenvalue weighted by atomic mass is 15.2. The van der Waals surface area contributed by atoms with Crippen molar-refractivity contribution < 1.29 is 0 Å². The van der Waals surface area contributed by atoms with E-state index in [0.717, 1.165) is 13.1 Å². The molecule has 1 aromatic rings. The molecule has 0 aliphatic carbocycles. The summed E-state index contributed by atoms with van der Waals surface area (Å²) < 4.78 is 0. The zero-order valence-corrected chi connectivity index (χ0v) is 9.83. The zero-order valence-electron chi connectivity index (χ0n) is 9.83. The predicted molar refractivity (Wildman–Crippen MR) is 65.2 cm³/mol. The van der Waals surface area contributed by atoms with Crippen molar-refractivity contribution in [2.45, 2.75) is 39.4 Å². The third-order valence-electron chi connectivity index (χ3n) is 3.04. The number of nitrogens with zero attached hydrogens (tertiary/aromatic N) is 1. The molecule has 2 heteroatoms. The summed E-state index contributed by atoms with van der Waals surface area (Å²) in [4.78, 5) is 2.49. The van der Waals surface area contributed by atoms with Gasteiger partial charge >= 0.3 is 0 Å². The van der Waals surface area contributed by atoms with Crippen LogP contribution in [0.15, 0.2) is 24.3 Å². The molecule has 82 valence electrons. The van der Waals surface area contributed by atoms with Crippen molar-refractivity contribution in [2.75, 3.05) is 11.4 Å². The van der Waals surface area contributed by atoms with Crippen LogP contribution in [0.5, 0.6) is 0 Å². The molecule has 0 aromatic heterocycles. The van der Waals surface area contributed by atoms with Crippen LogP contribution in [0.25, 0.3) is 0 Å². The van der Waals surface area contributed by atoms with E-state index in [1.54, 1.807) is 0 Å². The average Bonchev–Trinajstić information content (AvgIpc) is 2.39. The summed E-state index contributed by atoms with van der Waals surface area (Å²) in [5.74, 6) is 0. The fraction of sp³-hybridized carbons (Fsp3) is 0.538. The minimum atomic E-state index is 0.555. The normalized spacial score (nSPS) is 21.3. The van der Waals surface area contributed by atoms with Crippen LogP contribution in [-0.4, -0.2) is 18.6 Å². The van der Waals surface area contributed by atoms with E-state index in [-0.39, 0.29) is 0 Å². The maximum absolute atomic E-state index is 3.54. The molecule has 2 nitrogen and oxygen atoms in total. The molecule has 0 amide bonds. The van der Waals surface area contributed by atoms with Crippen molar-refractivity contribution in [1.82, 2.24) is 5.32 Å². The van der Waals surface area contributed by atoms with E-state index in [9.17, 15) is 0 Å². The second-order valence-corrected chi connectivity index (χ2v) is 4.66. The molecule has 0 saturated heterocycles. The molecule has 1 N–H and O–H groups in total. The number of para-hydroxylation sites is 1. The van der Waals surface area contributed by atoms with Crippen LogP contribution in [0, 0.1) is 0 Å². The van der Waals surface area contributed by atoms with Crippen molar-refractivity contribution in [3.8, 4) is 0 Å². The Balaban J connectivity index is 2.37. The molecule has 0 saturated carbocycles. The largest absolute Gasteiger partial charge is 0.367 e. The van der Waals surface area contributed by atoms with E-state index in [4.69, 9.17) is 0 Å². The lowest BCUT2D eigenvalue weighted by Crippen LogP contribution is -2.39. The Kier molecular flexibility index (Phi) is 2.96. The molecule has 0 radical (unpaired) electrons. The Bertz CT molecular complexity index is 333. The van der Waals surface area contributed by atoms with Crippen LogP contribution >= 0.6 is 0 Å². The zero-order chi connectivity index (χ0) is 10.8. The number of hydrogen-bond acceptors (Lipinski definition) is 2. The fourth-order valence-electron chi connectivity index (χ4n) is 2.17. The van der Waals surface area contributed by atoms with E-state index >= 15 is 0 Å². The minimum absolute atomic E-state index is 0.555. The Morgan fingerprint density at radius 3 is 2.80 bits per heavy atom. The molecule has 1 aromatic carbocycles. The molecule has 1 atom stereocenters. The number of hydrogen-bond donors (Lipinski definition) is 1. The van der Waals surface area contributed by atoms with Crippen LogP contribution in [0.1, 0.15) is 26.3 Å². The van der Waals surface area contributed by atoms with Gasteiger partial charge in [-0.3, -0.25) is 0 Å². The minimum Gasteiger partial charge on any atom is -0.367 e. The Morgan fingerprint density at radius 2 is 2.07 bits per heavy atom. The number of fused-ring (bicyclic) bond motifs is 1. The first kappa shape index (κ1) is 10.5. The predicted octanol–water partition coefficient (Wildman–Crippen LogP) is 2.39. The molecule has 15 heavy (non-hydrogen) atoms. The molecule has 0 bridgehead atoms. The fourth-order valence-corrected chi connectivity index (χ4v) is 2.17. The van der Waals surface area contributed by atoms with Gasteiger partial charge in [0.25, 0.3) is 0 Å². The van der Waals surface area contributed by atoms with Gasteiger partial charge in [-0.1, -0.05) is 18.2 Å². The monoisotopic (exact) mass is 204 g/mol. The molecule has 1 unspecified atom stereocenters. The van der Waals surface area contributed by atoms with Crippen LogP contribution in [0.2, 0.25) is 0 Å². The highest BCUT2D eigenvalue weighted by molar-refractivity contribution is 5.55. The van der Waals surface area contributed by atoms with Crippen LogP contribution in [0.3, 0.4) is 0 Å². The SMILES string of the molecule is CC1CN(C(C)C)c2ccccc2CN1. The molecular formula is C13H20N2. The van der Waals surface area contributed by atoms with Gasteiger partial charge in [0.05, 0.1) is 0 Å². The summed E-state index contributed by atoms with van der Waals surface area (Å²) in [5.41, 5.74) is 2.81. The van der Waals surface area contributed by atoms with Gasteiger partial charge in [0.15, 0.2) is 0 Å². The van der Waals surface area contributed by atoms with Gasteiger partial charge in [-0.25, -0.2) is 0 Å². The van der Waals surface area contributed by atoms with Gasteiger partial charge in [-0.15, -0.1) is 0 Å². The maximum Gasteiger partial charge on any atom is 0.0414 e. The van der Waals surface area contributed by atoms with E-state index in [1.807, 2.05) is 0 Å². The number of nitrogens with one attached hydrogen (secondary N) is 1. The second kappa shape index (κ2) is 4.23. The Hall–Kier alpha value is -1.02. The first-order valence-electron chi connectivity index (χ1n) is 5.76. The van der Waals surface area contributed by atoms with Crippen molar-refractivity contribution in [3.63, 3.8) is 0 Å². The Labute approximate surface area is 92.3 Å². The van der Waals surface area contributed by atoms with Gasteiger partial charge in [-0.2, -0.15) is 0 Å². The lowest BCUT2D eigenvalue weighted by molar-refractivity contribution is 0.536. The number of benzene rings is 1. The summed E-state index contributed by atoms with van der Waals surface area (Å²) in [7, 11) is 0. The molecule has 0 spiro atoms. The van der Waals surface area contributed by atoms with Gasteiger partial charge in [0, 0.05) is 30.9 Å². The van der Waals surface area contributed by atoms with Crippen molar-refractivity contribution in [3.05, 3.63) is 29.8 Å². The molecule has 2 rings (SSSR count). The molecule has 1 heterocycles. The smallest absolute Gasteiger partial charge is 0.0414 e. The van der Waals surface area contributed by atoms with Gasteiger partial charge < -0.3 is 10.2 Å². The van der Waals surface area contributed by atoms with Crippen LogP contribution in [0.4, 0.5) is 5.69 Å². The summed E-state index contributed by atoms with van der Waals surface area (Å²) >= 11 is 0. The van der Waals surface area contributed by atoms with Gasteiger partial charge in [0.1, 0.15) is 0 Å². The van der Waals surface area contributed by atoms with Crippen molar-refractivity contribution >= 4 is 5.69 Å². The maximum atomic E-state index is 3.54. The van der Waals surface area contributed by atoms with Crippen molar-refractivity contribution in [1.29, 1.82) is 0 Å². The second-order valence-electron chi connectivity index (χ2n) is 4.66. The third kappa shape index (κ3) is 2.15. The highest BCUT2D eigenvalue weighted by Gasteiger charge is 2.19. The molecule has 1 aliphatic rings. The van der Waals surface area contributed by atoms with Gasteiger partial charge in [0.2, 0.25) is 0 Å². The lowest BCUT2D eigenvalue weighted by atomic mass is 10.1. The first-order valence-corrected chi connectivity index (χ1v) is 5.76. The van der Waals surface area contributed by atoms with E-state index in [0.29, 0.717) is 12.1 Å². The lowest BCUT2D eigenvalue weighted by Gasteiger charge is -2.30. The molecule has 0 fully saturated rings. The summed E-state index contributed by atoms with van der Waals surface area (Å²) in [6.07, 6.45) is 0. The summed E-state index contributed by atoms with van der Waals surface area (Å²) in [6.45, 7) is 8.85. The third-order valence-corrected chi connectivity index (χ3v) is 3.04. The first-order chi connectivity index (χ1) is 7.18. The van der Waals surface area contributed by atoms with Gasteiger partial charge in [-0.05, 0) is 32.4 Å². The topological polar surface area (TPSA) is 15.3 Å². The Morgan fingerprint density at radius 1 is 1.33 bits per heavy atom. The van der Waals surface area contributed by atoms with E-state index in [1.165, 1.54) is 11.3 Å². The van der Waals surface area contributed by atoms with E-state index in [2.05, 4.69) is 55.3 Å². The number of rotatable bonds is 1.